The molecule has 1 saturated heterocycles. The van der Waals surface area contributed by atoms with E-state index in [0.717, 1.165) is 18.7 Å². The Morgan fingerprint density at radius 3 is 2.87 bits per heavy atom. The van der Waals surface area contributed by atoms with Gasteiger partial charge in [0.05, 0.1) is 5.69 Å². The van der Waals surface area contributed by atoms with Crippen molar-refractivity contribution in [3.05, 3.63) is 17.0 Å². The summed E-state index contributed by atoms with van der Waals surface area (Å²) in [5.74, 6) is 1.30. The summed E-state index contributed by atoms with van der Waals surface area (Å²) in [6, 6.07) is 1.80. The maximum atomic E-state index is 12.4. The second-order valence-corrected chi connectivity index (χ2v) is 6.93. The van der Waals surface area contributed by atoms with Crippen LogP contribution in [0.3, 0.4) is 0 Å². The number of nitrogens with zero attached hydrogens (tertiary/aromatic N) is 3. The number of hydrogen-bond donors (Lipinski definition) is 2. The third-order valence-corrected chi connectivity index (χ3v) is 5.24. The van der Waals surface area contributed by atoms with Gasteiger partial charge in [0.25, 0.3) is 0 Å². The maximum Gasteiger partial charge on any atom is 0.242 e. The highest BCUT2D eigenvalue weighted by Gasteiger charge is 2.45. The van der Waals surface area contributed by atoms with Gasteiger partial charge in [-0.15, -0.1) is 0 Å². The molecule has 1 aliphatic heterocycles. The van der Waals surface area contributed by atoms with E-state index in [1.807, 2.05) is 13.0 Å². The van der Waals surface area contributed by atoms with Crippen molar-refractivity contribution in [2.24, 2.45) is 11.7 Å². The second kappa shape index (κ2) is 6.61. The van der Waals surface area contributed by atoms with Gasteiger partial charge in [-0.25, -0.2) is 9.97 Å². The van der Waals surface area contributed by atoms with Crippen molar-refractivity contribution in [3.63, 3.8) is 0 Å². The van der Waals surface area contributed by atoms with E-state index in [1.165, 1.54) is 19.3 Å². The average molecular weight is 338 g/mol. The van der Waals surface area contributed by atoms with Gasteiger partial charge in [0, 0.05) is 25.2 Å². The standard InChI is InChI=1S/C16H24ClN5O/c1-9(18)11-8-14(21-16(17)20-11)22-12-6-4-3-5-10(12)7-13(22)15(23)19-2/h8-10,12-13H,3-7,18H2,1-2H3,(H,19,23)/t9?,10-,12-,13-/m0/s1. The molecule has 0 radical (unpaired) electrons. The Bertz CT molecular complexity index is 594. The highest BCUT2D eigenvalue weighted by Crippen LogP contribution is 2.42. The first-order chi connectivity index (χ1) is 11.0. The molecule has 1 aromatic heterocycles. The second-order valence-electron chi connectivity index (χ2n) is 6.59. The zero-order valence-electron chi connectivity index (χ0n) is 13.6. The zero-order chi connectivity index (χ0) is 16.6. The van der Waals surface area contributed by atoms with Crippen LogP contribution < -0.4 is 16.0 Å². The SMILES string of the molecule is CNC(=O)[C@@H]1C[C@@H]2CCCC[C@@H]2N1c1cc(C(C)N)nc(Cl)n1. The lowest BCUT2D eigenvalue weighted by Crippen LogP contribution is -2.46. The Hall–Kier alpha value is -1.40. The highest BCUT2D eigenvalue weighted by molar-refractivity contribution is 6.28. The third-order valence-electron chi connectivity index (χ3n) is 5.07. The number of amides is 1. The summed E-state index contributed by atoms with van der Waals surface area (Å²) in [6.45, 7) is 1.87. The minimum absolute atomic E-state index is 0.0384. The Morgan fingerprint density at radius 1 is 1.43 bits per heavy atom. The molecule has 7 heteroatoms. The van der Waals surface area contributed by atoms with Crippen molar-refractivity contribution < 1.29 is 4.79 Å². The normalized spacial score (nSPS) is 28.3. The van der Waals surface area contributed by atoms with Crippen LogP contribution in [0.2, 0.25) is 5.28 Å². The first-order valence-corrected chi connectivity index (χ1v) is 8.69. The lowest BCUT2D eigenvalue weighted by molar-refractivity contribution is -0.121. The molecular formula is C16H24ClN5O. The molecule has 1 aromatic rings. The molecule has 0 spiro atoms. The number of likely N-dealkylation sites (N-methyl/N-ethyl adjacent to an activating group) is 1. The fourth-order valence-electron chi connectivity index (χ4n) is 3.98. The van der Waals surface area contributed by atoms with Crippen LogP contribution in [0.4, 0.5) is 5.82 Å². The van der Waals surface area contributed by atoms with E-state index in [0.29, 0.717) is 17.7 Å². The van der Waals surface area contributed by atoms with E-state index >= 15 is 0 Å². The van der Waals surface area contributed by atoms with Crippen LogP contribution in [-0.4, -0.2) is 35.0 Å². The lowest BCUT2D eigenvalue weighted by atomic mass is 9.84. The number of fused-ring (bicyclic) bond motifs is 1. The number of nitrogens with one attached hydrogen (secondary N) is 1. The molecule has 4 atom stereocenters. The molecule has 1 unspecified atom stereocenters. The quantitative estimate of drug-likeness (QED) is 0.824. The average Bonchev–Trinajstić information content (AvgIpc) is 2.92. The minimum Gasteiger partial charge on any atom is -0.357 e. The van der Waals surface area contributed by atoms with E-state index in [1.54, 1.807) is 7.05 Å². The van der Waals surface area contributed by atoms with Gasteiger partial charge < -0.3 is 16.0 Å². The fraction of sp³-hybridized carbons (Fsp3) is 0.688. The number of hydrogen-bond acceptors (Lipinski definition) is 5. The number of anilines is 1. The summed E-state index contributed by atoms with van der Waals surface area (Å²) in [6.07, 6.45) is 5.57. The van der Waals surface area contributed by atoms with Crippen molar-refractivity contribution in [3.8, 4) is 0 Å². The Morgan fingerprint density at radius 2 is 2.17 bits per heavy atom. The minimum atomic E-state index is -0.225. The van der Waals surface area contributed by atoms with Crippen LogP contribution in [-0.2, 0) is 4.79 Å². The lowest BCUT2D eigenvalue weighted by Gasteiger charge is -2.34. The summed E-state index contributed by atoms with van der Waals surface area (Å²) in [5, 5.41) is 2.97. The number of nitrogens with two attached hydrogens (primary N) is 1. The first kappa shape index (κ1) is 16.5. The predicted molar refractivity (Wildman–Crippen MR) is 90.3 cm³/mol. The number of halogens is 1. The number of carbonyl (C=O) groups excluding carboxylic acids is 1. The summed E-state index contributed by atoms with van der Waals surface area (Å²) in [4.78, 5) is 23.1. The van der Waals surface area contributed by atoms with Crippen LogP contribution >= 0.6 is 11.6 Å². The van der Waals surface area contributed by atoms with E-state index in [2.05, 4.69) is 20.2 Å². The Balaban J connectivity index is 2.01. The molecule has 126 valence electrons. The summed E-state index contributed by atoms with van der Waals surface area (Å²) < 4.78 is 0. The van der Waals surface area contributed by atoms with Crippen LogP contribution in [0.1, 0.15) is 50.8 Å². The Kier molecular flexibility index (Phi) is 4.73. The number of aromatic nitrogens is 2. The molecule has 0 aromatic carbocycles. The summed E-state index contributed by atoms with van der Waals surface area (Å²) in [5.41, 5.74) is 6.66. The molecule has 1 saturated carbocycles. The third kappa shape index (κ3) is 3.15. The van der Waals surface area contributed by atoms with Gasteiger partial charge in [-0.1, -0.05) is 12.8 Å². The molecule has 23 heavy (non-hydrogen) atoms. The molecule has 3 rings (SSSR count). The summed E-state index contributed by atoms with van der Waals surface area (Å²) >= 11 is 6.10. The van der Waals surface area contributed by atoms with Crippen molar-refractivity contribution >= 4 is 23.3 Å². The van der Waals surface area contributed by atoms with Crippen LogP contribution in [0, 0.1) is 5.92 Å². The van der Waals surface area contributed by atoms with Gasteiger partial charge in [0.2, 0.25) is 11.2 Å². The van der Waals surface area contributed by atoms with E-state index in [9.17, 15) is 4.79 Å². The molecular weight excluding hydrogens is 314 g/mol. The van der Waals surface area contributed by atoms with Crippen molar-refractivity contribution in [2.45, 2.75) is 57.2 Å². The molecule has 2 aliphatic rings. The van der Waals surface area contributed by atoms with Gasteiger partial charge in [-0.2, -0.15) is 0 Å². The van der Waals surface area contributed by atoms with Gasteiger partial charge >= 0.3 is 0 Å². The highest BCUT2D eigenvalue weighted by atomic mass is 35.5. The number of carbonyl (C=O) groups is 1. The topological polar surface area (TPSA) is 84.1 Å². The van der Waals surface area contributed by atoms with Crippen LogP contribution in [0.5, 0.6) is 0 Å². The molecule has 1 amide bonds. The van der Waals surface area contributed by atoms with Gasteiger partial charge in [-0.3, -0.25) is 4.79 Å². The summed E-state index contributed by atoms with van der Waals surface area (Å²) in [7, 11) is 1.68. The maximum absolute atomic E-state index is 12.4. The van der Waals surface area contributed by atoms with Gasteiger partial charge in [0.15, 0.2) is 0 Å². The van der Waals surface area contributed by atoms with E-state index in [-0.39, 0.29) is 23.3 Å². The molecule has 6 nitrogen and oxygen atoms in total. The molecule has 3 N–H and O–H groups in total. The van der Waals surface area contributed by atoms with Crippen LogP contribution in [0.25, 0.3) is 0 Å². The van der Waals surface area contributed by atoms with Crippen molar-refractivity contribution in [2.75, 3.05) is 11.9 Å². The van der Waals surface area contributed by atoms with E-state index in [4.69, 9.17) is 17.3 Å². The van der Waals surface area contributed by atoms with Gasteiger partial charge in [0.1, 0.15) is 11.9 Å². The molecule has 2 fully saturated rings. The van der Waals surface area contributed by atoms with Crippen molar-refractivity contribution in [1.29, 1.82) is 0 Å². The largest absolute Gasteiger partial charge is 0.357 e. The smallest absolute Gasteiger partial charge is 0.242 e. The van der Waals surface area contributed by atoms with Crippen LogP contribution in [0.15, 0.2) is 6.07 Å². The number of rotatable bonds is 3. The molecule has 2 heterocycles. The monoisotopic (exact) mass is 337 g/mol. The first-order valence-electron chi connectivity index (χ1n) is 8.31. The van der Waals surface area contributed by atoms with Crippen molar-refractivity contribution in [1.82, 2.24) is 15.3 Å². The fourth-order valence-corrected chi connectivity index (χ4v) is 4.16. The van der Waals surface area contributed by atoms with Gasteiger partial charge in [-0.05, 0) is 43.7 Å². The van der Waals surface area contributed by atoms with E-state index < -0.39 is 0 Å². The predicted octanol–water partition coefficient (Wildman–Crippen LogP) is 2.03. The molecule has 1 aliphatic carbocycles. The molecule has 0 bridgehead atoms. The zero-order valence-corrected chi connectivity index (χ0v) is 14.4. The Labute approximate surface area is 141 Å².